The van der Waals surface area contributed by atoms with Gasteiger partial charge < -0.3 is 24.1 Å². The maximum Gasteiger partial charge on any atom is 0.289 e. The van der Waals surface area contributed by atoms with Crippen LogP contribution in [0.3, 0.4) is 0 Å². The summed E-state index contributed by atoms with van der Waals surface area (Å²) < 4.78 is 52.2. The third-order valence-electron chi connectivity index (χ3n) is 7.09. The van der Waals surface area contributed by atoms with E-state index in [1.165, 1.54) is 0 Å². The highest BCUT2D eigenvalue weighted by atomic mass is 28.3. The number of hydrogen-bond acceptors (Lipinski definition) is 7. The number of halogens is 2. The van der Waals surface area contributed by atoms with Crippen LogP contribution < -0.4 is 10.1 Å². The van der Waals surface area contributed by atoms with E-state index in [0.29, 0.717) is 30.8 Å². The van der Waals surface area contributed by atoms with Gasteiger partial charge in [0.1, 0.15) is 18.1 Å². The standard InChI is InChI=1S/C31H40F2N6O3Si/c1-20(2)39-25(8-11-36-39)22-16-38(19-40-12-13-43(5,6)7)29-27(22)26(9-10-34-29)42-28-23(32)14-21(15-24(28)33)37-30-35-17-31(3,4)18-41-30/h8-11,14-16,20H,12-13,17-19H2,1-7H3,(H,35,37). The fourth-order valence-electron chi connectivity index (χ4n) is 4.72. The van der Waals surface area contributed by atoms with Crippen molar-refractivity contribution in [3.8, 4) is 22.8 Å². The molecule has 4 aromatic rings. The van der Waals surface area contributed by atoms with E-state index < -0.39 is 25.5 Å². The predicted octanol–water partition coefficient (Wildman–Crippen LogP) is 7.69. The van der Waals surface area contributed by atoms with Crippen molar-refractivity contribution in [3.63, 3.8) is 0 Å². The molecular weight excluding hydrogens is 570 g/mol. The molecule has 0 unspecified atom stereocenters. The highest BCUT2D eigenvalue weighted by molar-refractivity contribution is 6.76. The summed E-state index contributed by atoms with van der Waals surface area (Å²) in [6.07, 6.45) is 5.22. The van der Waals surface area contributed by atoms with Gasteiger partial charge in [0.2, 0.25) is 0 Å². The van der Waals surface area contributed by atoms with E-state index in [2.05, 4.69) is 40.0 Å². The SMILES string of the molecule is CC(C)n1nccc1-c1cn(COCC[Si](C)(C)C)c2nccc(Oc3c(F)cc(NC4=NCC(C)(C)CO4)cc3F)c12. The number of anilines is 1. The zero-order chi connectivity index (χ0) is 30.9. The van der Waals surface area contributed by atoms with Crippen molar-refractivity contribution in [2.75, 3.05) is 25.1 Å². The first-order valence-electron chi connectivity index (χ1n) is 14.5. The molecule has 4 heterocycles. The van der Waals surface area contributed by atoms with Crippen LogP contribution in [0.2, 0.25) is 25.7 Å². The van der Waals surface area contributed by atoms with Crippen LogP contribution in [0.1, 0.15) is 33.7 Å². The summed E-state index contributed by atoms with van der Waals surface area (Å²) in [5.41, 5.74) is 2.25. The summed E-state index contributed by atoms with van der Waals surface area (Å²) >= 11 is 0. The maximum absolute atomic E-state index is 15.4. The van der Waals surface area contributed by atoms with E-state index in [1.807, 2.05) is 49.2 Å². The summed E-state index contributed by atoms with van der Waals surface area (Å²) in [5.74, 6) is -2.00. The first-order chi connectivity index (χ1) is 20.3. The number of nitrogens with zero attached hydrogens (tertiary/aromatic N) is 5. The lowest BCUT2D eigenvalue weighted by molar-refractivity contribution is 0.0899. The zero-order valence-corrected chi connectivity index (χ0v) is 26.9. The molecule has 1 aliphatic heterocycles. The highest BCUT2D eigenvalue weighted by Gasteiger charge is 2.26. The van der Waals surface area contributed by atoms with Crippen molar-refractivity contribution in [1.82, 2.24) is 19.3 Å². The van der Waals surface area contributed by atoms with E-state index in [1.54, 1.807) is 18.5 Å². The Labute approximate surface area is 251 Å². The number of pyridine rings is 1. The molecule has 0 atom stereocenters. The van der Waals surface area contributed by atoms with Gasteiger partial charge in [-0.2, -0.15) is 5.10 Å². The smallest absolute Gasteiger partial charge is 0.289 e. The minimum Gasteiger partial charge on any atom is -0.464 e. The summed E-state index contributed by atoms with van der Waals surface area (Å²) in [5, 5.41) is 7.95. The van der Waals surface area contributed by atoms with Gasteiger partial charge in [0.15, 0.2) is 17.4 Å². The first kappa shape index (κ1) is 30.7. The Balaban J connectivity index is 1.49. The highest BCUT2D eigenvalue weighted by Crippen LogP contribution is 2.40. The van der Waals surface area contributed by atoms with Gasteiger partial charge in [-0.3, -0.25) is 4.68 Å². The summed E-state index contributed by atoms with van der Waals surface area (Å²) in [4.78, 5) is 8.95. The molecular formula is C31H40F2N6O3Si. The summed E-state index contributed by atoms with van der Waals surface area (Å²) in [7, 11) is -1.26. The minimum absolute atomic E-state index is 0.0798. The number of aliphatic imine (C=N–C) groups is 1. The second-order valence-corrected chi connectivity index (χ2v) is 18.8. The molecule has 1 aromatic carbocycles. The van der Waals surface area contributed by atoms with Crippen molar-refractivity contribution in [2.24, 2.45) is 10.4 Å². The van der Waals surface area contributed by atoms with Gasteiger partial charge in [-0.15, -0.1) is 0 Å². The fraction of sp³-hybridized carbons (Fsp3) is 0.452. The van der Waals surface area contributed by atoms with Gasteiger partial charge >= 0.3 is 0 Å². The fourth-order valence-corrected chi connectivity index (χ4v) is 5.48. The maximum atomic E-state index is 15.4. The number of rotatable bonds is 10. The molecule has 1 aliphatic rings. The Morgan fingerprint density at radius 3 is 2.51 bits per heavy atom. The van der Waals surface area contributed by atoms with Crippen LogP contribution in [0.15, 0.2) is 47.8 Å². The van der Waals surface area contributed by atoms with E-state index in [4.69, 9.17) is 14.2 Å². The number of hydrogen-bond donors (Lipinski definition) is 1. The Morgan fingerprint density at radius 2 is 1.86 bits per heavy atom. The molecule has 0 amide bonds. The van der Waals surface area contributed by atoms with Gasteiger partial charge in [0.05, 0.1) is 24.2 Å². The molecule has 0 radical (unpaired) electrons. The summed E-state index contributed by atoms with van der Waals surface area (Å²) in [6, 6.07) is 7.17. The molecule has 230 valence electrons. The molecule has 1 N–H and O–H groups in total. The molecule has 0 saturated carbocycles. The van der Waals surface area contributed by atoms with Crippen molar-refractivity contribution in [2.45, 2.75) is 66.2 Å². The number of amidine groups is 1. The second-order valence-electron chi connectivity index (χ2n) is 13.2. The van der Waals surface area contributed by atoms with Crippen LogP contribution in [0.5, 0.6) is 11.5 Å². The average Bonchev–Trinajstić information content (AvgIpc) is 3.55. The number of aromatic nitrogens is 4. The molecule has 0 aliphatic carbocycles. The average molecular weight is 611 g/mol. The van der Waals surface area contributed by atoms with Crippen molar-refractivity contribution in [1.29, 1.82) is 0 Å². The van der Waals surface area contributed by atoms with Crippen LogP contribution >= 0.6 is 0 Å². The minimum atomic E-state index is -1.26. The molecule has 9 nitrogen and oxygen atoms in total. The lowest BCUT2D eigenvalue weighted by atomic mass is 9.95. The van der Waals surface area contributed by atoms with Gasteiger partial charge in [0, 0.05) is 68.1 Å². The molecule has 0 fully saturated rings. The van der Waals surface area contributed by atoms with Gasteiger partial charge in [-0.1, -0.05) is 33.5 Å². The Hall–Kier alpha value is -3.77. The number of fused-ring (bicyclic) bond motifs is 1. The molecule has 0 saturated heterocycles. The molecule has 3 aromatic heterocycles. The molecule has 12 heteroatoms. The monoisotopic (exact) mass is 610 g/mol. The van der Waals surface area contributed by atoms with Gasteiger partial charge in [-0.05, 0) is 32.0 Å². The largest absolute Gasteiger partial charge is 0.464 e. The Bertz CT molecular complexity index is 1620. The molecule has 0 spiro atoms. The lowest BCUT2D eigenvalue weighted by Crippen LogP contribution is -2.33. The van der Waals surface area contributed by atoms with Gasteiger partial charge in [-0.25, -0.2) is 18.8 Å². The van der Waals surface area contributed by atoms with Gasteiger partial charge in [0.25, 0.3) is 6.02 Å². The first-order valence-corrected chi connectivity index (χ1v) is 18.2. The lowest BCUT2D eigenvalue weighted by Gasteiger charge is -2.28. The van der Waals surface area contributed by atoms with Crippen LogP contribution in [0.4, 0.5) is 14.5 Å². The van der Waals surface area contributed by atoms with Crippen molar-refractivity contribution in [3.05, 3.63) is 54.5 Å². The Morgan fingerprint density at radius 1 is 1.12 bits per heavy atom. The molecule has 5 rings (SSSR count). The van der Waals surface area contributed by atoms with Crippen molar-refractivity contribution < 1.29 is 23.0 Å². The molecule has 43 heavy (non-hydrogen) atoms. The van der Waals surface area contributed by atoms with Crippen LogP contribution in [-0.4, -0.2) is 53.2 Å². The topological polar surface area (TPSA) is 87.7 Å². The summed E-state index contributed by atoms with van der Waals surface area (Å²) in [6.45, 7) is 17.0. The van der Waals surface area contributed by atoms with E-state index in [9.17, 15) is 0 Å². The Kier molecular flexibility index (Phi) is 8.62. The van der Waals surface area contributed by atoms with E-state index in [-0.39, 0.29) is 35.6 Å². The van der Waals surface area contributed by atoms with Crippen LogP contribution in [-0.2, 0) is 16.2 Å². The second kappa shape index (κ2) is 12.1. The quantitative estimate of drug-likeness (QED) is 0.146. The molecule has 0 bridgehead atoms. The number of nitrogens with one attached hydrogen (secondary N) is 1. The predicted molar refractivity (Wildman–Crippen MR) is 168 cm³/mol. The number of benzene rings is 1. The third-order valence-corrected chi connectivity index (χ3v) is 8.80. The van der Waals surface area contributed by atoms with Crippen LogP contribution in [0, 0.1) is 17.0 Å². The van der Waals surface area contributed by atoms with Crippen LogP contribution in [0.25, 0.3) is 22.3 Å². The number of ether oxygens (including phenoxy) is 3. The normalized spacial score (nSPS) is 15.1. The van der Waals surface area contributed by atoms with Crippen molar-refractivity contribution >= 4 is 30.8 Å². The third kappa shape index (κ3) is 7.07. The zero-order valence-electron chi connectivity index (χ0n) is 25.9. The van der Waals surface area contributed by atoms with E-state index >= 15 is 8.78 Å². The van der Waals surface area contributed by atoms with E-state index in [0.717, 1.165) is 29.4 Å².